The van der Waals surface area contributed by atoms with E-state index < -0.39 is 29.9 Å². The van der Waals surface area contributed by atoms with Gasteiger partial charge in [0.1, 0.15) is 0 Å². The van der Waals surface area contributed by atoms with Crippen LogP contribution in [0.3, 0.4) is 0 Å². The average Bonchev–Trinajstić information content (AvgIpc) is 2.98. The highest BCUT2D eigenvalue weighted by Gasteiger charge is 2.30. The number of hydrogen-bond donors (Lipinski definition) is 1. The first-order valence-corrected chi connectivity index (χ1v) is 12.2. The monoisotopic (exact) mass is 394 g/mol. The SMILES string of the molecule is O=S1(=O)CCc2ccc(S(=O)(=O)NCCN3CCCS3(=O)=O)cc21. The molecule has 24 heavy (non-hydrogen) atoms. The number of benzene rings is 1. The fraction of sp³-hybridized carbons (Fsp3) is 0.538. The second kappa shape index (κ2) is 6.06. The molecule has 0 radical (unpaired) electrons. The molecule has 11 heteroatoms. The smallest absolute Gasteiger partial charge is 0.224 e. The van der Waals surface area contributed by atoms with Gasteiger partial charge in [-0.05, 0) is 30.5 Å². The quantitative estimate of drug-likeness (QED) is 0.708. The summed E-state index contributed by atoms with van der Waals surface area (Å²) >= 11 is 0. The first kappa shape index (κ1) is 17.8. The summed E-state index contributed by atoms with van der Waals surface area (Å²) in [6, 6.07) is 4.06. The number of sulfone groups is 1. The Balaban J connectivity index is 1.73. The molecule has 134 valence electrons. The zero-order valence-corrected chi connectivity index (χ0v) is 15.3. The lowest BCUT2D eigenvalue weighted by molar-refractivity contribution is 0.444. The number of sulfonamides is 2. The van der Waals surface area contributed by atoms with Crippen LogP contribution in [0.25, 0.3) is 0 Å². The first-order valence-electron chi connectivity index (χ1n) is 7.45. The maximum absolute atomic E-state index is 12.3. The fourth-order valence-corrected chi connectivity index (χ4v) is 7.12. The summed E-state index contributed by atoms with van der Waals surface area (Å²) in [5, 5.41) is 0. The summed E-state index contributed by atoms with van der Waals surface area (Å²) in [4.78, 5) is -0.0662. The predicted octanol–water partition coefficient (Wildman–Crippen LogP) is -0.670. The van der Waals surface area contributed by atoms with Crippen molar-refractivity contribution >= 4 is 29.9 Å². The molecule has 0 saturated carbocycles. The van der Waals surface area contributed by atoms with Gasteiger partial charge in [0.05, 0.1) is 21.3 Å². The molecule has 0 aromatic heterocycles. The first-order chi connectivity index (χ1) is 11.1. The number of nitrogens with zero attached hydrogens (tertiary/aromatic N) is 1. The van der Waals surface area contributed by atoms with Crippen molar-refractivity contribution < 1.29 is 25.3 Å². The molecule has 0 spiro atoms. The zero-order chi connectivity index (χ0) is 17.6. The van der Waals surface area contributed by atoms with E-state index in [0.29, 0.717) is 24.9 Å². The lowest BCUT2D eigenvalue weighted by atomic mass is 10.2. The minimum atomic E-state index is -3.90. The van der Waals surface area contributed by atoms with Crippen LogP contribution in [0.5, 0.6) is 0 Å². The molecule has 1 fully saturated rings. The molecule has 3 rings (SSSR count). The highest BCUT2D eigenvalue weighted by atomic mass is 32.2. The second-order valence-electron chi connectivity index (χ2n) is 5.80. The van der Waals surface area contributed by atoms with Crippen LogP contribution in [0, 0.1) is 0 Å². The topological polar surface area (TPSA) is 118 Å². The highest BCUT2D eigenvalue weighted by Crippen LogP contribution is 2.28. The Bertz CT molecular complexity index is 967. The third kappa shape index (κ3) is 3.36. The maximum atomic E-state index is 12.3. The predicted molar refractivity (Wildman–Crippen MR) is 87.4 cm³/mol. The Hall–Kier alpha value is -1.01. The Morgan fingerprint density at radius 3 is 2.54 bits per heavy atom. The average molecular weight is 394 g/mol. The van der Waals surface area contributed by atoms with Crippen molar-refractivity contribution in [1.29, 1.82) is 0 Å². The summed E-state index contributed by atoms with van der Waals surface area (Å²) in [5.74, 6) is 0.0779. The summed E-state index contributed by atoms with van der Waals surface area (Å²) < 4.78 is 75.3. The Morgan fingerprint density at radius 2 is 1.88 bits per heavy atom. The van der Waals surface area contributed by atoms with Gasteiger partial charge in [-0.15, -0.1) is 0 Å². The van der Waals surface area contributed by atoms with Gasteiger partial charge in [0.25, 0.3) is 0 Å². The van der Waals surface area contributed by atoms with E-state index in [1.54, 1.807) is 0 Å². The van der Waals surface area contributed by atoms with E-state index in [4.69, 9.17) is 0 Å². The number of rotatable bonds is 5. The molecule has 2 heterocycles. The molecule has 1 saturated heterocycles. The summed E-state index contributed by atoms with van der Waals surface area (Å²) in [5.41, 5.74) is 0.622. The van der Waals surface area contributed by atoms with Gasteiger partial charge < -0.3 is 0 Å². The molecular formula is C13H18N2O6S3. The van der Waals surface area contributed by atoms with Gasteiger partial charge in [-0.2, -0.15) is 0 Å². The Labute approximate surface area is 141 Å². The van der Waals surface area contributed by atoms with E-state index >= 15 is 0 Å². The molecule has 8 nitrogen and oxygen atoms in total. The number of nitrogens with one attached hydrogen (secondary N) is 1. The molecule has 0 bridgehead atoms. The van der Waals surface area contributed by atoms with Gasteiger partial charge in [-0.3, -0.25) is 0 Å². The molecule has 1 N–H and O–H groups in total. The molecule has 1 aromatic carbocycles. The van der Waals surface area contributed by atoms with Gasteiger partial charge in [-0.1, -0.05) is 6.07 Å². The van der Waals surface area contributed by atoms with Crippen molar-refractivity contribution in [3.8, 4) is 0 Å². The Morgan fingerprint density at radius 1 is 1.12 bits per heavy atom. The largest absolute Gasteiger partial charge is 0.240 e. The van der Waals surface area contributed by atoms with E-state index in [0.717, 1.165) is 0 Å². The van der Waals surface area contributed by atoms with Crippen molar-refractivity contribution in [3.63, 3.8) is 0 Å². The van der Waals surface area contributed by atoms with Crippen molar-refractivity contribution in [2.24, 2.45) is 0 Å². The molecule has 0 unspecified atom stereocenters. The van der Waals surface area contributed by atoms with Crippen molar-refractivity contribution in [2.75, 3.05) is 31.1 Å². The maximum Gasteiger partial charge on any atom is 0.240 e. The number of hydrogen-bond acceptors (Lipinski definition) is 6. The highest BCUT2D eigenvalue weighted by molar-refractivity contribution is 7.92. The van der Waals surface area contributed by atoms with Crippen LogP contribution in [0.4, 0.5) is 0 Å². The minimum absolute atomic E-state index is 0.00785. The van der Waals surface area contributed by atoms with Crippen LogP contribution in [-0.2, 0) is 36.3 Å². The van der Waals surface area contributed by atoms with E-state index in [9.17, 15) is 25.3 Å². The molecule has 2 aliphatic rings. The van der Waals surface area contributed by atoms with Crippen molar-refractivity contribution in [3.05, 3.63) is 23.8 Å². The van der Waals surface area contributed by atoms with Gasteiger partial charge in [-0.25, -0.2) is 34.3 Å². The minimum Gasteiger partial charge on any atom is -0.224 e. The van der Waals surface area contributed by atoms with Gasteiger partial charge in [0, 0.05) is 19.6 Å². The van der Waals surface area contributed by atoms with Crippen LogP contribution < -0.4 is 4.72 Å². The van der Waals surface area contributed by atoms with Crippen molar-refractivity contribution in [1.82, 2.24) is 9.03 Å². The summed E-state index contributed by atoms with van der Waals surface area (Å²) in [7, 11) is -10.6. The van der Waals surface area contributed by atoms with Crippen LogP contribution in [0.2, 0.25) is 0 Å². The van der Waals surface area contributed by atoms with E-state index in [1.165, 1.54) is 22.5 Å². The third-order valence-electron chi connectivity index (χ3n) is 4.18. The molecule has 1 aromatic rings. The van der Waals surface area contributed by atoms with Crippen LogP contribution in [0.15, 0.2) is 28.0 Å². The van der Waals surface area contributed by atoms with Gasteiger partial charge in [0.15, 0.2) is 9.84 Å². The van der Waals surface area contributed by atoms with Gasteiger partial charge >= 0.3 is 0 Å². The van der Waals surface area contributed by atoms with Crippen LogP contribution in [0.1, 0.15) is 12.0 Å². The van der Waals surface area contributed by atoms with Crippen LogP contribution >= 0.6 is 0 Å². The summed E-state index contributed by atoms with van der Waals surface area (Å²) in [6.45, 7) is 0.386. The second-order valence-corrected chi connectivity index (χ2v) is 11.7. The molecule has 0 atom stereocenters. The summed E-state index contributed by atoms with van der Waals surface area (Å²) in [6.07, 6.45) is 0.927. The third-order valence-corrected chi connectivity index (χ3v) is 9.39. The number of aryl methyl sites for hydroxylation is 1. The fourth-order valence-electron chi connectivity index (χ4n) is 2.88. The lowest BCUT2D eigenvalue weighted by Crippen LogP contribution is -2.35. The molecule has 2 aliphatic heterocycles. The molecular weight excluding hydrogens is 376 g/mol. The molecule has 0 aliphatic carbocycles. The van der Waals surface area contributed by atoms with Crippen molar-refractivity contribution in [2.45, 2.75) is 22.6 Å². The zero-order valence-electron chi connectivity index (χ0n) is 12.8. The number of fused-ring (bicyclic) bond motifs is 1. The Kier molecular flexibility index (Phi) is 4.49. The van der Waals surface area contributed by atoms with E-state index in [-0.39, 0.29) is 34.4 Å². The van der Waals surface area contributed by atoms with Crippen LogP contribution in [-0.4, -0.2) is 60.7 Å². The van der Waals surface area contributed by atoms with E-state index in [2.05, 4.69) is 4.72 Å². The van der Waals surface area contributed by atoms with E-state index in [1.807, 2.05) is 0 Å². The lowest BCUT2D eigenvalue weighted by Gasteiger charge is -2.14. The normalized spacial score (nSPS) is 22.5. The van der Waals surface area contributed by atoms with Gasteiger partial charge in [0.2, 0.25) is 20.0 Å². The molecule has 0 amide bonds. The standard InChI is InChI=1S/C13H18N2O6S3/c16-22(17)9-4-11-2-3-12(10-13(11)22)24(20,21)14-5-7-15-6-1-8-23(15,18)19/h2-3,10,14H,1,4-9H2.